The average Bonchev–Trinajstić information content (AvgIpc) is 3.07. The van der Waals surface area contributed by atoms with Crippen LogP contribution in [0.5, 0.6) is 0 Å². The first-order valence-corrected chi connectivity index (χ1v) is 6.88. The Labute approximate surface area is 116 Å². The zero-order valence-electron chi connectivity index (χ0n) is 11.2. The molecule has 2 spiro atoms. The summed E-state index contributed by atoms with van der Waals surface area (Å²) in [5.41, 5.74) is 0.0103. The molecule has 1 N–H and O–H groups in total. The lowest BCUT2D eigenvalue weighted by Gasteiger charge is -2.44. The molecule has 2 aliphatic carbocycles. The van der Waals surface area contributed by atoms with Crippen LogP contribution in [-0.2, 0) is 19.1 Å². The van der Waals surface area contributed by atoms with Crippen molar-refractivity contribution in [1.29, 1.82) is 0 Å². The van der Waals surface area contributed by atoms with Crippen LogP contribution >= 0.6 is 0 Å². The summed E-state index contributed by atoms with van der Waals surface area (Å²) in [6, 6.07) is 0. The summed E-state index contributed by atoms with van der Waals surface area (Å²) in [5.74, 6) is -1.37. The third-order valence-corrected chi connectivity index (χ3v) is 5.80. The number of epoxide rings is 1. The molecule has 0 aromatic heterocycles. The minimum absolute atomic E-state index is 0.00134. The number of carboxylic acids is 1. The van der Waals surface area contributed by atoms with Gasteiger partial charge in [0.25, 0.3) is 0 Å². The fraction of sp³-hybridized carbons (Fsp3) is 0.600. The zero-order valence-corrected chi connectivity index (χ0v) is 11.2. The van der Waals surface area contributed by atoms with Gasteiger partial charge in [-0.3, -0.25) is 0 Å². The third kappa shape index (κ3) is 1.06. The van der Waals surface area contributed by atoms with Gasteiger partial charge in [0.15, 0.2) is 5.60 Å². The lowest BCUT2D eigenvalue weighted by Crippen LogP contribution is -2.56. The van der Waals surface area contributed by atoms with Gasteiger partial charge in [-0.25, -0.2) is 9.59 Å². The van der Waals surface area contributed by atoms with Gasteiger partial charge in [0.1, 0.15) is 0 Å². The number of hydrogen-bond acceptors (Lipinski definition) is 4. The summed E-state index contributed by atoms with van der Waals surface area (Å²) < 4.78 is 10.8. The molecule has 0 aromatic carbocycles. The van der Waals surface area contributed by atoms with Crippen molar-refractivity contribution in [3.63, 3.8) is 0 Å². The Morgan fingerprint density at radius 1 is 1.55 bits per heavy atom. The number of carbonyl (C=O) groups excluding carboxylic acids is 1. The van der Waals surface area contributed by atoms with Crippen LogP contribution in [0.2, 0.25) is 0 Å². The molecule has 0 aromatic rings. The van der Waals surface area contributed by atoms with Crippen LogP contribution in [0.25, 0.3) is 0 Å². The molecule has 4 aliphatic rings. The number of cyclic esters (lactones) is 1. The normalized spacial score (nSPS) is 48.6. The van der Waals surface area contributed by atoms with E-state index in [2.05, 4.69) is 13.5 Å². The number of allylic oxidation sites excluding steroid dienone is 2. The van der Waals surface area contributed by atoms with Gasteiger partial charge in [-0.2, -0.15) is 0 Å². The van der Waals surface area contributed by atoms with Crippen molar-refractivity contribution in [1.82, 2.24) is 0 Å². The number of carbonyl (C=O) groups is 2. The van der Waals surface area contributed by atoms with E-state index in [1.54, 1.807) is 0 Å². The highest BCUT2D eigenvalue weighted by Crippen LogP contribution is 2.70. The predicted octanol–water partition coefficient (Wildman–Crippen LogP) is 1.15. The van der Waals surface area contributed by atoms with Gasteiger partial charge in [-0.05, 0) is 18.3 Å². The molecule has 2 aliphatic heterocycles. The number of hydrogen-bond donors (Lipinski definition) is 1. The highest BCUT2D eigenvalue weighted by Gasteiger charge is 2.79. The van der Waals surface area contributed by atoms with Crippen molar-refractivity contribution in [2.24, 2.45) is 23.2 Å². The quantitative estimate of drug-likeness (QED) is 0.442. The molecule has 5 heteroatoms. The van der Waals surface area contributed by atoms with E-state index < -0.39 is 17.0 Å². The molecule has 5 nitrogen and oxygen atoms in total. The molecular weight excluding hydrogens is 260 g/mol. The first-order valence-electron chi connectivity index (χ1n) is 6.88. The molecule has 106 valence electrons. The summed E-state index contributed by atoms with van der Waals surface area (Å²) in [7, 11) is 0. The van der Waals surface area contributed by atoms with Crippen LogP contribution in [-0.4, -0.2) is 35.9 Å². The minimum atomic E-state index is -0.942. The topological polar surface area (TPSA) is 76.1 Å². The lowest BCUT2D eigenvalue weighted by atomic mass is 9.61. The van der Waals surface area contributed by atoms with E-state index in [0.29, 0.717) is 18.6 Å². The highest BCUT2D eigenvalue weighted by atomic mass is 16.6. The molecule has 0 unspecified atom stereocenters. The third-order valence-electron chi connectivity index (χ3n) is 5.80. The Balaban J connectivity index is 1.91. The predicted molar refractivity (Wildman–Crippen MR) is 67.7 cm³/mol. The van der Waals surface area contributed by atoms with Gasteiger partial charge in [-0.1, -0.05) is 25.2 Å². The maximum absolute atomic E-state index is 12.2. The fourth-order valence-corrected chi connectivity index (χ4v) is 4.67. The van der Waals surface area contributed by atoms with Crippen molar-refractivity contribution in [2.45, 2.75) is 18.9 Å². The number of esters is 1. The molecule has 2 heterocycles. The largest absolute Gasteiger partial charge is 0.478 e. The second kappa shape index (κ2) is 3.34. The van der Waals surface area contributed by atoms with E-state index in [1.807, 2.05) is 6.08 Å². The summed E-state index contributed by atoms with van der Waals surface area (Å²) in [5, 5.41) is 9.44. The zero-order chi connectivity index (χ0) is 14.3. The maximum atomic E-state index is 12.2. The Hall–Kier alpha value is -1.62. The Morgan fingerprint density at radius 3 is 2.85 bits per heavy atom. The van der Waals surface area contributed by atoms with E-state index in [1.165, 1.54) is 0 Å². The van der Waals surface area contributed by atoms with Crippen LogP contribution < -0.4 is 0 Å². The van der Waals surface area contributed by atoms with Crippen LogP contribution in [0.15, 0.2) is 23.8 Å². The molecule has 3 fully saturated rings. The maximum Gasteiger partial charge on any atom is 0.341 e. The molecule has 5 atom stereocenters. The molecule has 0 radical (unpaired) electrons. The second-order valence-electron chi connectivity index (χ2n) is 6.38. The smallest absolute Gasteiger partial charge is 0.341 e. The van der Waals surface area contributed by atoms with Gasteiger partial charge in [0.2, 0.25) is 0 Å². The van der Waals surface area contributed by atoms with Crippen molar-refractivity contribution < 1.29 is 24.2 Å². The van der Waals surface area contributed by atoms with E-state index >= 15 is 0 Å². The van der Waals surface area contributed by atoms with Crippen molar-refractivity contribution in [2.75, 3.05) is 13.2 Å². The lowest BCUT2D eigenvalue weighted by molar-refractivity contribution is -0.174. The van der Waals surface area contributed by atoms with E-state index in [0.717, 1.165) is 5.57 Å². The van der Waals surface area contributed by atoms with Crippen LogP contribution in [0.3, 0.4) is 0 Å². The van der Waals surface area contributed by atoms with Crippen molar-refractivity contribution >= 4 is 11.9 Å². The minimum Gasteiger partial charge on any atom is -0.478 e. The van der Waals surface area contributed by atoms with Crippen LogP contribution in [0.1, 0.15) is 13.3 Å². The van der Waals surface area contributed by atoms with Crippen LogP contribution in [0, 0.1) is 23.2 Å². The molecule has 1 saturated carbocycles. The molecule has 4 rings (SSSR count). The first-order chi connectivity index (χ1) is 9.44. The van der Waals surface area contributed by atoms with Gasteiger partial charge >= 0.3 is 11.9 Å². The molecule has 2 saturated heterocycles. The Morgan fingerprint density at radius 2 is 2.25 bits per heavy atom. The number of carboxylic acid groups (broad SMARTS) is 1. The van der Waals surface area contributed by atoms with Gasteiger partial charge in [0, 0.05) is 16.9 Å². The monoisotopic (exact) mass is 276 g/mol. The second-order valence-corrected chi connectivity index (χ2v) is 6.38. The summed E-state index contributed by atoms with van der Waals surface area (Å²) >= 11 is 0. The standard InChI is InChI=1S/C15H16O5/c1-7-4-14-10(8(7)2)3-9(12(16)17)11(14)5-19-13(18)15(14)6-20-15/h3,8,10-11H,1,4-6H2,2H3,(H,16,17)/t8-,10-,11+,14-,15-/m1/s1. The summed E-state index contributed by atoms with van der Waals surface area (Å²) in [6.45, 7) is 6.63. The van der Waals surface area contributed by atoms with E-state index in [-0.39, 0.29) is 30.3 Å². The number of ether oxygens (including phenoxy) is 2. The average molecular weight is 276 g/mol. The van der Waals surface area contributed by atoms with Gasteiger partial charge < -0.3 is 14.6 Å². The van der Waals surface area contributed by atoms with Gasteiger partial charge in [0.05, 0.1) is 13.2 Å². The van der Waals surface area contributed by atoms with Gasteiger partial charge in [-0.15, -0.1) is 0 Å². The number of aliphatic carboxylic acids is 1. The fourth-order valence-electron chi connectivity index (χ4n) is 4.67. The van der Waals surface area contributed by atoms with Crippen LogP contribution in [0.4, 0.5) is 0 Å². The van der Waals surface area contributed by atoms with Crippen molar-refractivity contribution in [3.8, 4) is 0 Å². The highest BCUT2D eigenvalue weighted by molar-refractivity contribution is 5.92. The summed E-state index contributed by atoms with van der Waals surface area (Å²) in [6.07, 6.45) is 2.47. The summed E-state index contributed by atoms with van der Waals surface area (Å²) in [4.78, 5) is 23.7. The number of rotatable bonds is 1. The molecule has 0 amide bonds. The molecule has 0 bridgehead atoms. The first kappa shape index (κ1) is 12.1. The van der Waals surface area contributed by atoms with Crippen molar-refractivity contribution in [3.05, 3.63) is 23.8 Å². The Bertz CT molecular complexity index is 585. The molecule has 20 heavy (non-hydrogen) atoms. The Kier molecular flexibility index (Phi) is 2.03. The molecular formula is C15H16O5. The van der Waals surface area contributed by atoms with E-state index in [9.17, 15) is 14.7 Å². The van der Waals surface area contributed by atoms with E-state index in [4.69, 9.17) is 9.47 Å². The SMILES string of the molecule is C=C1C[C@@]23[C@H](C=C(C(=O)O)[C@@H]2COC(=O)[C@]32CO2)[C@@H]1C.